The van der Waals surface area contributed by atoms with Crippen molar-refractivity contribution in [2.24, 2.45) is 5.73 Å². The van der Waals surface area contributed by atoms with Crippen LogP contribution in [0, 0.1) is 0 Å². The number of nitrogens with one attached hydrogen (secondary N) is 1. The van der Waals surface area contributed by atoms with Gasteiger partial charge in [0.25, 0.3) is 0 Å². The standard InChI is InChI=1S/C5H11N2O/c1-4(6)2-3-5(7)8/h4,7H,2-3,6H2,1H3. The van der Waals surface area contributed by atoms with Crippen LogP contribution in [0.1, 0.15) is 19.8 Å². The Kier molecular flexibility index (Phi) is 3.19. The lowest BCUT2D eigenvalue weighted by Crippen LogP contribution is -2.16. The van der Waals surface area contributed by atoms with Gasteiger partial charge in [-0.05, 0) is 13.3 Å². The lowest BCUT2D eigenvalue weighted by molar-refractivity contribution is -0.118. The Morgan fingerprint density at radius 2 is 2.38 bits per heavy atom. The van der Waals surface area contributed by atoms with Crippen LogP contribution in [0.3, 0.4) is 0 Å². The molecule has 1 unspecified atom stereocenters. The zero-order chi connectivity index (χ0) is 6.57. The minimum absolute atomic E-state index is 0.0456. The van der Waals surface area contributed by atoms with Crippen molar-refractivity contribution in [3.8, 4) is 0 Å². The van der Waals surface area contributed by atoms with Crippen molar-refractivity contribution < 1.29 is 4.79 Å². The number of carbonyl (C=O) groups excluding carboxylic acids is 1. The minimum atomic E-state index is -0.526. The van der Waals surface area contributed by atoms with E-state index in [9.17, 15) is 4.79 Å². The molecule has 0 heterocycles. The summed E-state index contributed by atoms with van der Waals surface area (Å²) in [6.07, 6.45) is 0.917. The van der Waals surface area contributed by atoms with Gasteiger partial charge in [0.15, 0.2) is 0 Å². The smallest absolute Gasteiger partial charge is 0.238 e. The van der Waals surface area contributed by atoms with Gasteiger partial charge >= 0.3 is 0 Å². The molecule has 1 atom stereocenters. The van der Waals surface area contributed by atoms with E-state index in [4.69, 9.17) is 11.5 Å². The molecule has 0 saturated heterocycles. The molecule has 3 heteroatoms. The summed E-state index contributed by atoms with van der Waals surface area (Å²) in [5.74, 6) is -0.526. The highest BCUT2D eigenvalue weighted by molar-refractivity contribution is 5.72. The molecular weight excluding hydrogens is 104 g/mol. The van der Waals surface area contributed by atoms with Gasteiger partial charge in [0, 0.05) is 12.5 Å². The van der Waals surface area contributed by atoms with Gasteiger partial charge in [-0.1, -0.05) is 0 Å². The highest BCUT2D eigenvalue weighted by Gasteiger charge is 1.97. The van der Waals surface area contributed by atoms with Crippen molar-refractivity contribution in [2.45, 2.75) is 25.8 Å². The lowest BCUT2D eigenvalue weighted by atomic mass is 10.2. The molecule has 3 N–H and O–H groups in total. The fraction of sp³-hybridized carbons (Fsp3) is 0.800. The van der Waals surface area contributed by atoms with E-state index in [0.29, 0.717) is 6.42 Å². The number of hydrogen-bond acceptors (Lipinski definition) is 2. The van der Waals surface area contributed by atoms with Crippen LogP contribution in [0.4, 0.5) is 0 Å². The number of hydrogen-bond donors (Lipinski definition) is 1. The van der Waals surface area contributed by atoms with E-state index < -0.39 is 5.91 Å². The predicted molar refractivity (Wildman–Crippen MR) is 31.0 cm³/mol. The first-order valence-corrected chi connectivity index (χ1v) is 2.63. The number of nitrogens with two attached hydrogens (primary N) is 1. The van der Waals surface area contributed by atoms with Gasteiger partial charge in [-0.25, -0.2) is 0 Å². The molecule has 8 heavy (non-hydrogen) atoms. The summed E-state index contributed by atoms with van der Waals surface area (Å²) in [6.45, 7) is 1.82. The van der Waals surface area contributed by atoms with Gasteiger partial charge in [-0.2, -0.15) is 0 Å². The molecule has 0 fully saturated rings. The van der Waals surface area contributed by atoms with Crippen molar-refractivity contribution in [3.05, 3.63) is 0 Å². The molecule has 0 saturated carbocycles. The van der Waals surface area contributed by atoms with Crippen LogP contribution in [0.25, 0.3) is 0 Å². The van der Waals surface area contributed by atoms with Crippen molar-refractivity contribution in [1.82, 2.24) is 5.73 Å². The summed E-state index contributed by atoms with van der Waals surface area (Å²) in [6, 6.07) is 0.0456. The van der Waals surface area contributed by atoms with Crippen molar-refractivity contribution in [1.29, 1.82) is 0 Å². The van der Waals surface area contributed by atoms with Crippen LogP contribution < -0.4 is 11.5 Å². The molecule has 0 aromatic heterocycles. The maximum absolute atomic E-state index is 9.96. The molecular formula is C5H11N2O. The Balaban J connectivity index is 3.05. The number of rotatable bonds is 3. The maximum Gasteiger partial charge on any atom is 0.238 e. The molecule has 0 aliphatic heterocycles. The topological polar surface area (TPSA) is 66.9 Å². The van der Waals surface area contributed by atoms with Crippen molar-refractivity contribution in [2.75, 3.05) is 0 Å². The van der Waals surface area contributed by atoms with E-state index in [2.05, 4.69) is 0 Å². The third-order valence-electron chi connectivity index (χ3n) is 0.827. The zero-order valence-corrected chi connectivity index (χ0v) is 4.98. The summed E-state index contributed by atoms with van der Waals surface area (Å²) in [5.41, 5.74) is 11.8. The Morgan fingerprint density at radius 1 is 1.88 bits per heavy atom. The first-order chi connectivity index (χ1) is 3.63. The average molecular weight is 115 g/mol. The van der Waals surface area contributed by atoms with E-state index in [1.165, 1.54) is 0 Å². The second-order valence-electron chi connectivity index (χ2n) is 1.94. The van der Waals surface area contributed by atoms with Gasteiger partial charge in [0.05, 0.1) is 0 Å². The van der Waals surface area contributed by atoms with Crippen LogP contribution in [0.5, 0.6) is 0 Å². The molecule has 0 bridgehead atoms. The Bertz CT molecular complexity index is 80.5. The second kappa shape index (κ2) is 3.43. The van der Waals surface area contributed by atoms with E-state index in [-0.39, 0.29) is 12.5 Å². The van der Waals surface area contributed by atoms with E-state index in [1.54, 1.807) is 0 Å². The van der Waals surface area contributed by atoms with E-state index in [1.807, 2.05) is 6.92 Å². The maximum atomic E-state index is 9.96. The van der Waals surface area contributed by atoms with Crippen molar-refractivity contribution in [3.63, 3.8) is 0 Å². The summed E-state index contributed by atoms with van der Waals surface area (Å²) in [4.78, 5) is 9.96. The van der Waals surface area contributed by atoms with E-state index in [0.717, 1.165) is 0 Å². The first-order valence-electron chi connectivity index (χ1n) is 2.63. The van der Waals surface area contributed by atoms with Crippen LogP contribution in [0.2, 0.25) is 0 Å². The van der Waals surface area contributed by atoms with Crippen LogP contribution in [0.15, 0.2) is 0 Å². The fourth-order valence-electron chi connectivity index (χ4n) is 0.359. The van der Waals surface area contributed by atoms with Crippen molar-refractivity contribution >= 4 is 5.91 Å². The third kappa shape index (κ3) is 5.43. The molecule has 0 spiro atoms. The number of amides is 1. The van der Waals surface area contributed by atoms with Crippen LogP contribution >= 0.6 is 0 Å². The highest BCUT2D eigenvalue weighted by Crippen LogP contribution is 1.90. The average Bonchev–Trinajstić information content (AvgIpc) is 1.61. The predicted octanol–water partition coefficient (Wildman–Crippen LogP) is -0.0767. The normalized spacial score (nSPS) is 13.2. The zero-order valence-electron chi connectivity index (χ0n) is 4.98. The van der Waals surface area contributed by atoms with Gasteiger partial charge in [0.1, 0.15) is 0 Å². The molecule has 0 aliphatic rings. The second-order valence-corrected chi connectivity index (χ2v) is 1.94. The highest BCUT2D eigenvalue weighted by atomic mass is 16.1. The SMILES string of the molecule is CC(N)CCC([NH])=O. The summed E-state index contributed by atoms with van der Waals surface area (Å²) in [7, 11) is 0. The molecule has 0 rings (SSSR count). The molecule has 0 aromatic rings. The monoisotopic (exact) mass is 115 g/mol. The lowest BCUT2D eigenvalue weighted by Gasteiger charge is -1.98. The van der Waals surface area contributed by atoms with Gasteiger partial charge in [-0.15, -0.1) is 0 Å². The van der Waals surface area contributed by atoms with Crippen LogP contribution in [-0.4, -0.2) is 11.9 Å². The Labute approximate surface area is 49.0 Å². The first kappa shape index (κ1) is 7.43. The van der Waals surface area contributed by atoms with Gasteiger partial charge < -0.3 is 5.73 Å². The number of carbonyl (C=O) groups is 1. The van der Waals surface area contributed by atoms with E-state index >= 15 is 0 Å². The molecule has 1 amide bonds. The Hall–Kier alpha value is -0.570. The molecule has 0 aliphatic carbocycles. The fourth-order valence-corrected chi connectivity index (χ4v) is 0.359. The minimum Gasteiger partial charge on any atom is -0.328 e. The summed E-state index contributed by atoms with van der Waals surface area (Å²) >= 11 is 0. The van der Waals surface area contributed by atoms with Gasteiger partial charge in [0.2, 0.25) is 5.91 Å². The summed E-state index contributed by atoms with van der Waals surface area (Å²) in [5, 5.41) is 0. The molecule has 47 valence electrons. The largest absolute Gasteiger partial charge is 0.328 e. The quantitative estimate of drug-likeness (QED) is 0.559. The van der Waals surface area contributed by atoms with Gasteiger partial charge in [-0.3, -0.25) is 10.5 Å². The molecule has 3 nitrogen and oxygen atoms in total. The summed E-state index contributed by atoms with van der Waals surface area (Å²) < 4.78 is 0. The molecule has 1 radical (unpaired) electrons. The third-order valence-corrected chi connectivity index (χ3v) is 0.827. The van der Waals surface area contributed by atoms with Crippen LogP contribution in [-0.2, 0) is 4.79 Å². The molecule has 0 aromatic carbocycles. The Morgan fingerprint density at radius 3 is 2.50 bits per heavy atom.